The van der Waals surface area contributed by atoms with Crippen molar-refractivity contribution in [3.63, 3.8) is 0 Å². The third-order valence-corrected chi connectivity index (χ3v) is 5.42. The smallest absolute Gasteiger partial charge is 0.247 e. The van der Waals surface area contributed by atoms with E-state index in [1.807, 2.05) is 18.4 Å². The Labute approximate surface area is 179 Å². The molecule has 154 valence electrons. The molecule has 1 aromatic carbocycles. The zero-order valence-electron chi connectivity index (χ0n) is 16.9. The first-order valence-electron chi connectivity index (χ1n) is 9.60. The van der Waals surface area contributed by atoms with Crippen molar-refractivity contribution < 1.29 is 9.53 Å². The highest BCUT2D eigenvalue weighted by Gasteiger charge is 2.29. The summed E-state index contributed by atoms with van der Waals surface area (Å²) in [7, 11) is 1.60. The number of imidazole rings is 1. The predicted molar refractivity (Wildman–Crippen MR) is 121 cm³/mol. The highest BCUT2D eigenvalue weighted by atomic mass is 32.2. The fourth-order valence-corrected chi connectivity index (χ4v) is 3.60. The number of carbonyl (C=O) groups is 1. The molecule has 1 aliphatic carbocycles. The summed E-state index contributed by atoms with van der Waals surface area (Å²) in [5, 5.41) is 6.97. The van der Waals surface area contributed by atoms with Crippen LogP contribution in [0.4, 0.5) is 17.2 Å². The van der Waals surface area contributed by atoms with Gasteiger partial charge in [0.1, 0.15) is 11.6 Å². The van der Waals surface area contributed by atoms with Crippen LogP contribution in [-0.4, -0.2) is 34.2 Å². The Morgan fingerprint density at radius 1 is 1.33 bits per heavy atom. The van der Waals surface area contributed by atoms with Crippen LogP contribution in [-0.2, 0) is 4.79 Å². The van der Waals surface area contributed by atoms with Gasteiger partial charge in [-0.3, -0.25) is 4.79 Å². The number of carbonyl (C=O) groups excluding carboxylic acids is 1. The van der Waals surface area contributed by atoms with Crippen molar-refractivity contribution in [3.8, 4) is 17.0 Å². The van der Waals surface area contributed by atoms with Gasteiger partial charge < -0.3 is 20.4 Å². The second-order valence-electron chi connectivity index (χ2n) is 6.95. The number of aromatic nitrogens is 3. The van der Waals surface area contributed by atoms with Gasteiger partial charge in [0.2, 0.25) is 5.91 Å². The Morgan fingerprint density at radius 2 is 2.17 bits per heavy atom. The lowest BCUT2D eigenvalue weighted by Gasteiger charge is -2.13. The average Bonchev–Trinajstić information content (AvgIpc) is 3.52. The van der Waals surface area contributed by atoms with Crippen molar-refractivity contribution in [1.82, 2.24) is 15.0 Å². The van der Waals surface area contributed by atoms with Gasteiger partial charge in [-0.1, -0.05) is 18.3 Å². The first kappa shape index (κ1) is 20.0. The third-order valence-electron chi connectivity index (χ3n) is 4.84. The number of aromatic amines is 1. The molecule has 0 aliphatic heterocycles. The van der Waals surface area contributed by atoms with Gasteiger partial charge in [0.15, 0.2) is 5.16 Å². The second-order valence-corrected chi connectivity index (χ2v) is 7.74. The Kier molecular flexibility index (Phi) is 5.76. The van der Waals surface area contributed by atoms with E-state index in [-0.39, 0.29) is 5.91 Å². The number of benzene rings is 1. The lowest BCUT2D eigenvalue weighted by atomic mass is 10.1. The first-order valence-corrected chi connectivity index (χ1v) is 10.8. The van der Waals surface area contributed by atoms with Crippen LogP contribution in [0.5, 0.6) is 5.75 Å². The van der Waals surface area contributed by atoms with Gasteiger partial charge in [0.25, 0.3) is 0 Å². The fourth-order valence-electron chi connectivity index (χ4n) is 3.21. The van der Waals surface area contributed by atoms with Gasteiger partial charge in [0.05, 0.1) is 18.5 Å². The molecule has 8 heteroatoms. The molecular weight excluding hydrogens is 398 g/mol. The number of hydrogen-bond acceptors (Lipinski definition) is 6. The van der Waals surface area contributed by atoms with E-state index in [4.69, 9.17) is 9.72 Å². The van der Waals surface area contributed by atoms with Crippen molar-refractivity contribution >= 4 is 34.9 Å². The van der Waals surface area contributed by atoms with Crippen LogP contribution in [0.25, 0.3) is 11.3 Å². The number of nitrogens with zero attached hydrogens (tertiary/aromatic N) is 2. The summed E-state index contributed by atoms with van der Waals surface area (Å²) in [5.74, 6) is 1.58. The molecule has 0 atom stereocenters. The normalized spacial score (nSPS) is 13.0. The van der Waals surface area contributed by atoms with Crippen LogP contribution in [0.1, 0.15) is 24.5 Å². The molecule has 0 unspecified atom stereocenters. The van der Waals surface area contributed by atoms with Crippen LogP contribution in [0.15, 0.2) is 54.3 Å². The van der Waals surface area contributed by atoms with Gasteiger partial charge in [0, 0.05) is 29.1 Å². The molecule has 4 rings (SSSR count). The molecule has 3 N–H and O–H groups in total. The Morgan fingerprint density at radius 3 is 2.87 bits per heavy atom. The van der Waals surface area contributed by atoms with Crippen LogP contribution in [0, 0.1) is 0 Å². The fraction of sp³-hybridized carbons (Fsp3) is 0.227. The van der Waals surface area contributed by atoms with E-state index in [2.05, 4.69) is 27.2 Å². The molecular formula is C22H23N5O2S. The number of thioether (sulfide) groups is 1. The number of anilines is 3. The van der Waals surface area contributed by atoms with Crippen LogP contribution in [0.2, 0.25) is 0 Å². The molecule has 0 saturated heterocycles. The standard InChI is InChI=1S/C22H23N5O2S/c1-4-19(28)24-15-7-8-17(29-2)16(12-15)25-18-11-14(9-10-23-18)21-20(13-5-6-13)26-22(27-21)30-3/h4,7-13H,1,5-6H2,2-3H3,(H,23,25)(H,24,28)(H,26,27). The van der Waals surface area contributed by atoms with E-state index < -0.39 is 0 Å². The molecule has 1 fully saturated rings. The molecule has 0 radical (unpaired) electrons. The summed E-state index contributed by atoms with van der Waals surface area (Å²) >= 11 is 1.61. The highest BCUT2D eigenvalue weighted by Crippen LogP contribution is 2.44. The van der Waals surface area contributed by atoms with Crippen molar-refractivity contribution in [2.75, 3.05) is 24.0 Å². The summed E-state index contributed by atoms with van der Waals surface area (Å²) in [6.07, 6.45) is 7.40. The Bertz CT molecular complexity index is 1090. The minimum atomic E-state index is -0.276. The van der Waals surface area contributed by atoms with E-state index in [1.165, 1.54) is 24.6 Å². The molecule has 1 saturated carbocycles. The zero-order valence-corrected chi connectivity index (χ0v) is 17.7. The number of ether oxygens (including phenoxy) is 1. The quantitative estimate of drug-likeness (QED) is 0.352. The van der Waals surface area contributed by atoms with E-state index >= 15 is 0 Å². The topological polar surface area (TPSA) is 91.9 Å². The van der Waals surface area contributed by atoms with E-state index in [0.717, 1.165) is 16.4 Å². The number of nitrogens with one attached hydrogen (secondary N) is 3. The molecule has 0 bridgehead atoms. The van der Waals surface area contributed by atoms with Crippen molar-refractivity contribution in [3.05, 3.63) is 54.9 Å². The van der Waals surface area contributed by atoms with Crippen LogP contribution in [0.3, 0.4) is 0 Å². The maximum Gasteiger partial charge on any atom is 0.247 e. The molecule has 2 aromatic heterocycles. The van der Waals surface area contributed by atoms with Crippen LogP contribution < -0.4 is 15.4 Å². The highest BCUT2D eigenvalue weighted by molar-refractivity contribution is 7.98. The van der Waals surface area contributed by atoms with Gasteiger partial charge in [-0.25, -0.2) is 9.97 Å². The zero-order chi connectivity index (χ0) is 21.1. The Balaban J connectivity index is 1.64. The largest absolute Gasteiger partial charge is 0.495 e. The molecule has 1 amide bonds. The van der Waals surface area contributed by atoms with E-state index in [0.29, 0.717) is 28.9 Å². The first-order chi connectivity index (χ1) is 14.6. The monoisotopic (exact) mass is 421 g/mol. The Hall–Kier alpha value is -3.26. The number of H-pyrrole nitrogens is 1. The SMILES string of the molecule is C=CC(=O)Nc1ccc(OC)c(Nc2cc(-c3nc(SC)[nH]c3C3CC3)ccn2)c1. The second kappa shape index (κ2) is 8.62. The molecule has 1 aliphatic rings. The minimum absolute atomic E-state index is 0.276. The van der Waals surface area contributed by atoms with Gasteiger partial charge in [-0.15, -0.1) is 0 Å². The number of rotatable bonds is 8. The lowest BCUT2D eigenvalue weighted by Crippen LogP contribution is -2.07. The minimum Gasteiger partial charge on any atom is -0.495 e. The lowest BCUT2D eigenvalue weighted by molar-refractivity contribution is -0.111. The number of pyridine rings is 1. The predicted octanol–water partition coefficient (Wildman–Crippen LogP) is 4.95. The van der Waals surface area contributed by atoms with Gasteiger partial charge in [-0.05, 0) is 55.5 Å². The summed E-state index contributed by atoms with van der Waals surface area (Å²) in [6, 6.07) is 9.29. The third kappa shape index (κ3) is 4.33. The number of hydrogen-bond donors (Lipinski definition) is 3. The number of amides is 1. The summed E-state index contributed by atoms with van der Waals surface area (Å²) in [6.45, 7) is 3.48. The van der Waals surface area contributed by atoms with Crippen LogP contribution >= 0.6 is 11.8 Å². The maximum atomic E-state index is 11.6. The molecule has 7 nitrogen and oxygen atoms in total. The summed E-state index contributed by atoms with van der Waals surface area (Å²) < 4.78 is 5.45. The van der Waals surface area contributed by atoms with Crippen molar-refractivity contribution in [2.45, 2.75) is 23.9 Å². The number of methoxy groups -OCH3 is 1. The van der Waals surface area contributed by atoms with Crippen molar-refractivity contribution in [2.24, 2.45) is 0 Å². The summed E-state index contributed by atoms with van der Waals surface area (Å²) in [4.78, 5) is 24.3. The average molecular weight is 422 g/mol. The van der Waals surface area contributed by atoms with Crippen molar-refractivity contribution in [1.29, 1.82) is 0 Å². The molecule has 30 heavy (non-hydrogen) atoms. The maximum absolute atomic E-state index is 11.6. The van der Waals surface area contributed by atoms with E-state index in [1.54, 1.807) is 43.3 Å². The molecule has 0 spiro atoms. The van der Waals surface area contributed by atoms with Gasteiger partial charge in [-0.2, -0.15) is 0 Å². The molecule has 2 heterocycles. The van der Waals surface area contributed by atoms with E-state index in [9.17, 15) is 4.79 Å². The molecule has 3 aromatic rings. The summed E-state index contributed by atoms with van der Waals surface area (Å²) in [5.41, 5.74) is 4.50. The van der Waals surface area contributed by atoms with Gasteiger partial charge >= 0.3 is 0 Å².